The molecule has 1 N–H and O–H groups in total. The van der Waals surface area contributed by atoms with Gasteiger partial charge < -0.3 is 5.11 Å². The van der Waals surface area contributed by atoms with Gasteiger partial charge in [0, 0.05) is 23.4 Å². The molecule has 0 saturated heterocycles. The standard InChI is InChI=1S/C15H17BrO2/c1-8-9(2)14(7-15(16)10(8)3)11-4-12(17)6-13(18)5-11/h6-7,11,17H,4-5H2,1-3H3. The van der Waals surface area contributed by atoms with Crippen LogP contribution in [-0.4, -0.2) is 10.9 Å². The Morgan fingerprint density at radius 3 is 2.44 bits per heavy atom. The van der Waals surface area contributed by atoms with Crippen LogP contribution in [0.25, 0.3) is 0 Å². The number of ketones is 1. The van der Waals surface area contributed by atoms with Crippen molar-refractivity contribution in [3.63, 3.8) is 0 Å². The van der Waals surface area contributed by atoms with Crippen molar-refractivity contribution in [3.05, 3.63) is 44.6 Å². The van der Waals surface area contributed by atoms with Crippen LogP contribution in [0.4, 0.5) is 0 Å². The van der Waals surface area contributed by atoms with E-state index >= 15 is 0 Å². The number of aliphatic hydroxyl groups is 1. The number of carbonyl (C=O) groups excluding carboxylic acids is 1. The maximum absolute atomic E-state index is 11.6. The number of carbonyl (C=O) groups is 1. The van der Waals surface area contributed by atoms with Crippen LogP contribution in [-0.2, 0) is 4.79 Å². The molecule has 1 unspecified atom stereocenters. The van der Waals surface area contributed by atoms with E-state index in [2.05, 4.69) is 42.8 Å². The number of halogens is 1. The van der Waals surface area contributed by atoms with E-state index < -0.39 is 0 Å². The van der Waals surface area contributed by atoms with E-state index in [1.807, 2.05) is 0 Å². The summed E-state index contributed by atoms with van der Waals surface area (Å²) in [5, 5.41) is 9.62. The highest BCUT2D eigenvalue weighted by Gasteiger charge is 2.24. The molecule has 0 saturated carbocycles. The normalized spacial score (nSPS) is 19.9. The predicted molar refractivity (Wildman–Crippen MR) is 76.0 cm³/mol. The maximum Gasteiger partial charge on any atom is 0.159 e. The van der Waals surface area contributed by atoms with E-state index in [0.29, 0.717) is 12.8 Å². The molecule has 1 atom stereocenters. The zero-order valence-corrected chi connectivity index (χ0v) is 12.5. The molecule has 1 aliphatic carbocycles. The molecule has 1 aromatic carbocycles. The zero-order chi connectivity index (χ0) is 13.4. The van der Waals surface area contributed by atoms with Gasteiger partial charge in [0.2, 0.25) is 0 Å². The lowest BCUT2D eigenvalue weighted by atomic mass is 9.82. The molecule has 0 radical (unpaired) electrons. The van der Waals surface area contributed by atoms with Gasteiger partial charge in [0.05, 0.1) is 5.76 Å². The van der Waals surface area contributed by atoms with Crippen molar-refractivity contribution in [1.82, 2.24) is 0 Å². The molecule has 18 heavy (non-hydrogen) atoms. The SMILES string of the molecule is Cc1c(Br)cc(C2CC(=O)C=C(O)C2)c(C)c1C. The van der Waals surface area contributed by atoms with Crippen LogP contribution in [0.1, 0.15) is 41.0 Å². The van der Waals surface area contributed by atoms with Crippen molar-refractivity contribution in [2.45, 2.75) is 39.5 Å². The van der Waals surface area contributed by atoms with Gasteiger partial charge in [-0.25, -0.2) is 0 Å². The summed E-state index contributed by atoms with van der Waals surface area (Å²) < 4.78 is 1.07. The monoisotopic (exact) mass is 308 g/mol. The second kappa shape index (κ2) is 4.88. The van der Waals surface area contributed by atoms with Gasteiger partial charge in [0.1, 0.15) is 0 Å². The van der Waals surface area contributed by atoms with Gasteiger partial charge >= 0.3 is 0 Å². The predicted octanol–water partition coefficient (Wildman–Crippen LogP) is 4.26. The van der Waals surface area contributed by atoms with Crippen LogP contribution in [0.3, 0.4) is 0 Å². The molecule has 96 valence electrons. The summed E-state index contributed by atoms with van der Waals surface area (Å²) >= 11 is 3.57. The average molecular weight is 309 g/mol. The Labute approximate surface area is 116 Å². The van der Waals surface area contributed by atoms with Crippen LogP contribution in [0.5, 0.6) is 0 Å². The summed E-state index contributed by atoms with van der Waals surface area (Å²) in [5.41, 5.74) is 4.88. The van der Waals surface area contributed by atoms with Crippen molar-refractivity contribution < 1.29 is 9.90 Å². The summed E-state index contributed by atoms with van der Waals surface area (Å²) in [7, 11) is 0. The van der Waals surface area contributed by atoms with Gasteiger partial charge in [-0.3, -0.25) is 4.79 Å². The molecule has 2 rings (SSSR count). The molecule has 1 aromatic rings. The molecule has 0 heterocycles. The van der Waals surface area contributed by atoms with Crippen molar-refractivity contribution in [1.29, 1.82) is 0 Å². The molecule has 0 aliphatic heterocycles. The Morgan fingerprint density at radius 1 is 1.17 bits per heavy atom. The minimum absolute atomic E-state index is 0.0116. The Bertz CT molecular complexity index is 544. The maximum atomic E-state index is 11.6. The first kappa shape index (κ1) is 13.3. The van der Waals surface area contributed by atoms with E-state index in [1.165, 1.54) is 22.8 Å². The van der Waals surface area contributed by atoms with Gasteiger partial charge in [-0.15, -0.1) is 0 Å². The van der Waals surface area contributed by atoms with Crippen LogP contribution in [0.15, 0.2) is 22.4 Å². The summed E-state index contributed by atoms with van der Waals surface area (Å²) in [5.74, 6) is 0.306. The van der Waals surface area contributed by atoms with Crippen molar-refractivity contribution in [3.8, 4) is 0 Å². The van der Waals surface area contributed by atoms with E-state index in [0.717, 1.165) is 10.0 Å². The van der Waals surface area contributed by atoms with Crippen molar-refractivity contribution >= 4 is 21.7 Å². The highest BCUT2D eigenvalue weighted by molar-refractivity contribution is 9.10. The number of hydrogen-bond acceptors (Lipinski definition) is 2. The molecule has 0 fully saturated rings. The number of allylic oxidation sites excluding steroid dienone is 2. The van der Waals surface area contributed by atoms with E-state index in [9.17, 15) is 9.90 Å². The Hall–Kier alpha value is -1.09. The minimum atomic E-state index is 0.0116. The second-order valence-electron chi connectivity index (χ2n) is 5.03. The lowest BCUT2D eigenvalue weighted by molar-refractivity contribution is -0.115. The van der Waals surface area contributed by atoms with Crippen LogP contribution >= 0.6 is 15.9 Å². The molecular weight excluding hydrogens is 292 g/mol. The second-order valence-corrected chi connectivity index (χ2v) is 5.88. The highest BCUT2D eigenvalue weighted by atomic mass is 79.9. The lowest BCUT2D eigenvalue weighted by Crippen LogP contribution is -2.14. The first-order valence-electron chi connectivity index (χ1n) is 6.08. The zero-order valence-electron chi connectivity index (χ0n) is 10.9. The van der Waals surface area contributed by atoms with Gasteiger partial charge in [-0.05, 0) is 55.0 Å². The molecule has 0 bridgehead atoms. The summed E-state index contributed by atoms with van der Waals surface area (Å²) in [6.07, 6.45) is 2.39. The van der Waals surface area contributed by atoms with Crippen LogP contribution in [0, 0.1) is 20.8 Å². The van der Waals surface area contributed by atoms with E-state index in [4.69, 9.17) is 0 Å². The fourth-order valence-corrected chi connectivity index (χ4v) is 3.09. The van der Waals surface area contributed by atoms with E-state index in [1.54, 1.807) is 0 Å². The lowest BCUT2D eigenvalue weighted by Gasteiger charge is -2.23. The van der Waals surface area contributed by atoms with Gasteiger partial charge in [-0.1, -0.05) is 15.9 Å². The molecule has 1 aliphatic rings. The topological polar surface area (TPSA) is 37.3 Å². The van der Waals surface area contributed by atoms with Crippen LogP contribution in [0.2, 0.25) is 0 Å². The number of rotatable bonds is 1. The summed E-state index contributed by atoms with van der Waals surface area (Å²) in [6.45, 7) is 6.27. The third-order valence-corrected chi connectivity index (χ3v) is 4.69. The third kappa shape index (κ3) is 2.37. The van der Waals surface area contributed by atoms with Crippen molar-refractivity contribution in [2.75, 3.05) is 0 Å². The summed E-state index contributed by atoms with van der Waals surface area (Å²) in [4.78, 5) is 11.6. The van der Waals surface area contributed by atoms with Gasteiger partial charge in [0.25, 0.3) is 0 Å². The minimum Gasteiger partial charge on any atom is -0.512 e. The molecule has 0 amide bonds. The molecule has 0 spiro atoms. The fraction of sp³-hybridized carbons (Fsp3) is 0.400. The molecule has 0 aromatic heterocycles. The smallest absolute Gasteiger partial charge is 0.159 e. The Kier molecular flexibility index (Phi) is 3.62. The number of benzene rings is 1. The first-order chi connectivity index (χ1) is 8.40. The van der Waals surface area contributed by atoms with E-state index in [-0.39, 0.29) is 17.5 Å². The van der Waals surface area contributed by atoms with Crippen molar-refractivity contribution in [2.24, 2.45) is 0 Å². The fourth-order valence-electron chi connectivity index (χ4n) is 2.55. The Balaban J connectivity index is 2.47. The Morgan fingerprint density at radius 2 is 1.83 bits per heavy atom. The quantitative estimate of drug-likeness (QED) is 0.841. The van der Waals surface area contributed by atoms with Gasteiger partial charge in [-0.2, -0.15) is 0 Å². The largest absolute Gasteiger partial charge is 0.512 e. The first-order valence-corrected chi connectivity index (χ1v) is 6.88. The highest BCUT2D eigenvalue weighted by Crippen LogP contribution is 2.36. The molecule has 3 heteroatoms. The van der Waals surface area contributed by atoms with Crippen LogP contribution < -0.4 is 0 Å². The third-order valence-electron chi connectivity index (χ3n) is 3.87. The number of hydrogen-bond donors (Lipinski definition) is 1. The molecule has 2 nitrogen and oxygen atoms in total. The summed E-state index contributed by atoms with van der Waals surface area (Å²) in [6, 6.07) is 2.09. The number of aliphatic hydroxyl groups excluding tert-OH is 1. The van der Waals surface area contributed by atoms with Gasteiger partial charge in [0.15, 0.2) is 5.78 Å². The average Bonchev–Trinajstić information content (AvgIpc) is 2.30. The molecular formula is C15H17BrO2.